The number of nitrogens with zero attached hydrogens (tertiary/aromatic N) is 1. The van der Waals surface area contributed by atoms with Gasteiger partial charge in [0.15, 0.2) is 6.61 Å². The maximum absolute atomic E-state index is 11.1. The number of nitriles is 1. The molecule has 1 aromatic carbocycles. The fourth-order valence-electron chi connectivity index (χ4n) is 1.61. The second-order valence-corrected chi connectivity index (χ2v) is 4.11. The summed E-state index contributed by atoms with van der Waals surface area (Å²) in [6.07, 6.45) is 0.463. The molecule has 0 heterocycles. The van der Waals surface area contributed by atoms with E-state index in [1.165, 1.54) is 0 Å². The molecule has 0 saturated heterocycles. The molecule has 5 heteroatoms. The number of amides is 1. The van der Waals surface area contributed by atoms with Gasteiger partial charge in [-0.3, -0.25) is 4.79 Å². The molecule has 1 aromatic rings. The Morgan fingerprint density at radius 2 is 2.11 bits per heavy atom. The van der Waals surface area contributed by atoms with Gasteiger partial charge >= 0.3 is 0 Å². The lowest BCUT2D eigenvalue weighted by Gasteiger charge is -2.14. The molecule has 0 radical (unpaired) electrons. The average molecular weight is 261 g/mol. The van der Waals surface area contributed by atoms with Gasteiger partial charge in [-0.15, -0.1) is 0 Å². The normalized spacial score (nSPS) is 11.4. The van der Waals surface area contributed by atoms with E-state index >= 15 is 0 Å². The number of carbonyl (C=O) groups excluding carboxylic acids is 1. The zero-order valence-corrected chi connectivity index (χ0v) is 11.3. The average Bonchev–Trinajstić information content (AvgIpc) is 2.45. The molecule has 0 saturated carbocycles. The SMILES string of the molecule is CNC(=O)CCNC(C)c1ccc(OCC#N)cc1. The van der Waals surface area contributed by atoms with Crippen LogP contribution in [0.3, 0.4) is 0 Å². The Balaban J connectivity index is 2.42. The highest BCUT2D eigenvalue weighted by atomic mass is 16.5. The van der Waals surface area contributed by atoms with Crippen LogP contribution in [0.2, 0.25) is 0 Å². The number of rotatable bonds is 7. The first-order chi connectivity index (χ1) is 9.17. The third-order valence-electron chi connectivity index (χ3n) is 2.76. The molecule has 0 fully saturated rings. The minimum Gasteiger partial charge on any atom is -0.479 e. The molecule has 0 aliphatic heterocycles. The summed E-state index contributed by atoms with van der Waals surface area (Å²) in [4.78, 5) is 11.1. The first-order valence-electron chi connectivity index (χ1n) is 6.21. The number of carbonyl (C=O) groups is 1. The number of ether oxygens (including phenoxy) is 1. The summed E-state index contributed by atoms with van der Waals surface area (Å²) in [5, 5.41) is 14.3. The molecule has 0 aliphatic carbocycles. The quantitative estimate of drug-likeness (QED) is 0.777. The highest BCUT2D eigenvalue weighted by Crippen LogP contribution is 2.17. The van der Waals surface area contributed by atoms with Gasteiger partial charge < -0.3 is 15.4 Å². The van der Waals surface area contributed by atoms with Crippen LogP contribution in [0, 0.1) is 11.3 Å². The van der Waals surface area contributed by atoms with Gasteiger partial charge in [-0.1, -0.05) is 12.1 Å². The van der Waals surface area contributed by atoms with Crippen molar-refractivity contribution in [3.05, 3.63) is 29.8 Å². The van der Waals surface area contributed by atoms with E-state index in [1.807, 2.05) is 37.3 Å². The van der Waals surface area contributed by atoms with Gasteiger partial charge in [0.25, 0.3) is 0 Å². The van der Waals surface area contributed by atoms with Crippen molar-refractivity contribution < 1.29 is 9.53 Å². The molecular weight excluding hydrogens is 242 g/mol. The lowest BCUT2D eigenvalue weighted by atomic mass is 10.1. The van der Waals surface area contributed by atoms with Crippen LogP contribution < -0.4 is 15.4 Å². The highest BCUT2D eigenvalue weighted by Gasteiger charge is 2.06. The second-order valence-electron chi connectivity index (χ2n) is 4.11. The monoisotopic (exact) mass is 261 g/mol. The molecule has 1 atom stereocenters. The Morgan fingerprint density at radius 3 is 2.68 bits per heavy atom. The molecule has 102 valence electrons. The summed E-state index contributed by atoms with van der Waals surface area (Å²) in [6.45, 7) is 2.72. The summed E-state index contributed by atoms with van der Waals surface area (Å²) in [7, 11) is 1.63. The van der Waals surface area contributed by atoms with Crippen molar-refractivity contribution in [2.45, 2.75) is 19.4 Å². The number of hydrogen-bond acceptors (Lipinski definition) is 4. The lowest BCUT2D eigenvalue weighted by molar-refractivity contribution is -0.120. The Labute approximate surface area is 113 Å². The van der Waals surface area contributed by atoms with Crippen LogP contribution in [0.25, 0.3) is 0 Å². The van der Waals surface area contributed by atoms with Crippen LogP contribution in [0.15, 0.2) is 24.3 Å². The van der Waals surface area contributed by atoms with Gasteiger partial charge in [-0.2, -0.15) is 5.26 Å². The minimum absolute atomic E-state index is 0.0277. The smallest absolute Gasteiger partial charge is 0.221 e. The molecule has 0 aliphatic rings. The topological polar surface area (TPSA) is 74.2 Å². The number of nitrogens with one attached hydrogen (secondary N) is 2. The van der Waals surface area contributed by atoms with E-state index in [-0.39, 0.29) is 18.6 Å². The summed E-state index contributed by atoms with van der Waals surface area (Å²) in [5.41, 5.74) is 1.11. The van der Waals surface area contributed by atoms with Crippen LogP contribution in [0.4, 0.5) is 0 Å². The van der Waals surface area contributed by atoms with Crippen LogP contribution in [0.5, 0.6) is 5.75 Å². The first kappa shape index (κ1) is 15.0. The third-order valence-corrected chi connectivity index (χ3v) is 2.76. The van der Waals surface area contributed by atoms with Crippen molar-refractivity contribution in [3.63, 3.8) is 0 Å². The molecule has 1 unspecified atom stereocenters. The Morgan fingerprint density at radius 1 is 1.42 bits per heavy atom. The maximum Gasteiger partial charge on any atom is 0.221 e. The van der Waals surface area contributed by atoms with Gasteiger partial charge in [0.1, 0.15) is 11.8 Å². The molecular formula is C14H19N3O2. The van der Waals surface area contributed by atoms with Crippen molar-refractivity contribution >= 4 is 5.91 Å². The summed E-state index contributed by atoms with van der Waals surface area (Å²) < 4.78 is 5.18. The molecule has 19 heavy (non-hydrogen) atoms. The van der Waals surface area contributed by atoms with Crippen molar-refractivity contribution in [2.24, 2.45) is 0 Å². The summed E-state index contributed by atoms with van der Waals surface area (Å²) >= 11 is 0. The van der Waals surface area contributed by atoms with E-state index in [2.05, 4.69) is 10.6 Å². The summed E-state index contributed by atoms with van der Waals surface area (Å²) in [6, 6.07) is 9.66. The van der Waals surface area contributed by atoms with Crippen LogP contribution in [-0.2, 0) is 4.79 Å². The minimum atomic E-state index is 0.0277. The second kappa shape index (κ2) is 8.11. The van der Waals surface area contributed by atoms with Gasteiger partial charge in [0.2, 0.25) is 5.91 Å². The van der Waals surface area contributed by atoms with E-state index in [1.54, 1.807) is 7.05 Å². The molecule has 2 N–H and O–H groups in total. The Bertz CT molecular complexity index is 437. The molecule has 0 aromatic heterocycles. The molecule has 5 nitrogen and oxygen atoms in total. The van der Waals surface area contributed by atoms with Crippen molar-refractivity contribution in [3.8, 4) is 11.8 Å². The van der Waals surface area contributed by atoms with Crippen molar-refractivity contribution in [1.29, 1.82) is 5.26 Å². The molecule has 1 amide bonds. The van der Waals surface area contributed by atoms with Gasteiger partial charge in [0.05, 0.1) is 0 Å². The van der Waals surface area contributed by atoms with Gasteiger partial charge in [-0.25, -0.2) is 0 Å². The van der Waals surface area contributed by atoms with E-state index in [4.69, 9.17) is 10.00 Å². The molecule has 0 bridgehead atoms. The number of benzene rings is 1. The predicted molar refractivity (Wildman–Crippen MR) is 72.7 cm³/mol. The number of hydrogen-bond donors (Lipinski definition) is 2. The first-order valence-corrected chi connectivity index (χ1v) is 6.21. The van der Waals surface area contributed by atoms with Gasteiger partial charge in [0, 0.05) is 26.1 Å². The fraction of sp³-hybridized carbons (Fsp3) is 0.429. The summed E-state index contributed by atoms with van der Waals surface area (Å²) in [5.74, 6) is 0.711. The van der Waals surface area contributed by atoms with E-state index < -0.39 is 0 Å². The Hall–Kier alpha value is -2.06. The van der Waals surface area contributed by atoms with Crippen LogP contribution >= 0.6 is 0 Å². The van der Waals surface area contributed by atoms with Crippen molar-refractivity contribution in [1.82, 2.24) is 10.6 Å². The highest BCUT2D eigenvalue weighted by molar-refractivity contribution is 5.75. The predicted octanol–water partition coefficient (Wildman–Crippen LogP) is 1.38. The van der Waals surface area contributed by atoms with Crippen LogP contribution in [-0.4, -0.2) is 26.1 Å². The lowest BCUT2D eigenvalue weighted by Crippen LogP contribution is -2.26. The van der Waals surface area contributed by atoms with E-state index in [0.29, 0.717) is 18.7 Å². The van der Waals surface area contributed by atoms with Crippen LogP contribution in [0.1, 0.15) is 24.9 Å². The maximum atomic E-state index is 11.1. The molecule has 0 spiro atoms. The fourth-order valence-corrected chi connectivity index (χ4v) is 1.61. The third kappa shape index (κ3) is 5.40. The Kier molecular flexibility index (Phi) is 6.41. The largest absolute Gasteiger partial charge is 0.479 e. The zero-order chi connectivity index (χ0) is 14.1. The van der Waals surface area contributed by atoms with E-state index in [9.17, 15) is 4.79 Å². The molecule has 1 rings (SSSR count). The zero-order valence-electron chi connectivity index (χ0n) is 11.3. The van der Waals surface area contributed by atoms with E-state index in [0.717, 1.165) is 5.56 Å². The standard InChI is InChI=1S/C14H19N3O2/c1-11(17-9-7-14(18)16-2)12-3-5-13(6-4-12)19-10-8-15/h3-6,11,17H,7,9-10H2,1-2H3,(H,16,18). The van der Waals surface area contributed by atoms with Gasteiger partial charge in [-0.05, 0) is 24.6 Å². The van der Waals surface area contributed by atoms with Crippen molar-refractivity contribution in [2.75, 3.05) is 20.2 Å².